The third kappa shape index (κ3) is 2.61. The first kappa shape index (κ1) is 13.9. The van der Waals surface area contributed by atoms with E-state index < -0.39 is 11.6 Å². The number of benzene rings is 2. The van der Waals surface area contributed by atoms with Gasteiger partial charge in [-0.1, -0.05) is 34.1 Å². The highest BCUT2D eigenvalue weighted by molar-refractivity contribution is 9.10. The molecule has 0 aliphatic carbocycles. The van der Waals surface area contributed by atoms with Crippen molar-refractivity contribution in [2.24, 2.45) is 0 Å². The summed E-state index contributed by atoms with van der Waals surface area (Å²) in [5, 5.41) is 0.843. The van der Waals surface area contributed by atoms with Gasteiger partial charge in [-0.2, -0.15) is 0 Å². The Labute approximate surface area is 127 Å². The van der Waals surface area contributed by atoms with E-state index in [1.165, 1.54) is 22.8 Å². The number of aromatic nitrogens is 1. The van der Waals surface area contributed by atoms with Crippen LogP contribution in [0, 0.1) is 11.6 Å². The average Bonchev–Trinajstić information content (AvgIpc) is 2.44. The summed E-state index contributed by atoms with van der Waals surface area (Å²) in [5.41, 5.74) is 0.221. The molecule has 0 bridgehead atoms. The van der Waals surface area contributed by atoms with Gasteiger partial charge in [0, 0.05) is 16.1 Å². The quantitative estimate of drug-likeness (QED) is 0.682. The van der Waals surface area contributed by atoms with E-state index in [4.69, 9.17) is 0 Å². The van der Waals surface area contributed by atoms with Crippen LogP contribution in [0.5, 0.6) is 0 Å². The molecule has 2 nitrogen and oxygen atoms in total. The Morgan fingerprint density at radius 2 is 1.67 bits per heavy atom. The highest BCUT2D eigenvalue weighted by atomic mass is 79.9. The van der Waals surface area contributed by atoms with E-state index in [1.54, 1.807) is 18.2 Å². The fourth-order valence-electron chi connectivity index (χ4n) is 2.29. The Hall–Kier alpha value is -2.01. The molecule has 0 N–H and O–H groups in total. The van der Waals surface area contributed by atoms with Gasteiger partial charge in [0.25, 0.3) is 5.56 Å². The highest BCUT2D eigenvalue weighted by Gasteiger charge is 2.13. The summed E-state index contributed by atoms with van der Waals surface area (Å²) < 4.78 is 29.6. The zero-order chi connectivity index (χ0) is 15.0. The molecule has 3 aromatic rings. The average molecular weight is 350 g/mol. The van der Waals surface area contributed by atoms with Gasteiger partial charge in [0.05, 0.1) is 12.1 Å². The van der Waals surface area contributed by atoms with Gasteiger partial charge >= 0.3 is 0 Å². The molecule has 2 aromatic carbocycles. The number of para-hydroxylation sites is 1. The van der Waals surface area contributed by atoms with E-state index >= 15 is 0 Å². The number of hydrogen-bond donors (Lipinski definition) is 0. The minimum atomic E-state index is -0.679. The predicted octanol–water partition coefficient (Wildman–Crippen LogP) is 4.09. The lowest BCUT2D eigenvalue weighted by Gasteiger charge is -2.11. The Balaban J connectivity index is 2.19. The summed E-state index contributed by atoms with van der Waals surface area (Å²) in [5.74, 6) is -1.36. The van der Waals surface area contributed by atoms with Gasteiger partial charge in [-0.3, -0.25) is 4.79 Å². The maximum absolute atomic E-state index is 13.9. The number of halogens is 3. The van der Waals surface area contributed by atoms with Crippen molar-refractivity contribution in [3.8, 4) is 0 Å². The summed E-state index contributed by atoms with van der Waals surface area (Å²) in [6.45, 7) is -0.148. The molecule has 0 spiro atoms. The van der Waals surface area contributed by atoms with Gasteiger partial charge in [0.15, 0.2) is 0 Å². The molecule has 3 rings (SSSR count). The maximum Gasteiger partial charge on any atom is 0.251 e. The van der Waals surface area contributed by atoms with Crippen molar-refractivity contribution in [1.82, 2.24) is 4.57 Å². The molecule has 21 heavy (non-hydrogen) atoms. The second-order valence-corrected chi connectivity index (χ2v) is 5.58. The van der Waals surface area contributed by atoms with E-state index in [9.17, 15) is 13.6 Å². The van der Waals surface area contributed by atoms with E-state index in [-0.39, 0.29) is 17.7 Å². The third-order valence-electron chi connectivity index (χ3n) is 3.32. The third-order valence-corrected chi connectivity index (χ3v) is 3.78. The first-order chi connectivity index (χ1) is 10.1. The monoisotopic (exact) mass is 349 g/mol. The topological polar surface area (TPSA) is 22.0 Å². The number of nitrogens with zero attached hydrogens (tertiary/aromatic N) is 1. The number of fused-ring (bicyclic) bond motifs is 1. The van der Waals surface area contributed by atoms with E-state index in [1.807, 2.05) is 12.1 Å². The molecule has 0 saturated carbocycles. The van der Waals surface area contributed by atoms with Crippen LogP contribution < -0.4 is 5.56 Å². The Morgan fingerprint density at radius 1 is 1.00 bits per heavy atom. The van der Waals surface area contributed by atoms with Crippen LogP contribution in [0.4, 0.5) is 8.78 Å². The summed E-state index contributed by atoms with van der Waals surface area (Å²) in [7, 11) is 0. The van der Waals surface area contributed by atoms with Crippen molar-refractivity contribution in [1.29, 1.82) is 0 Å². The SMILES string of the molecule is O=c1ccc2ccccc2n1Cc1c(F)cc(Br)cc1F. The van der Waals surface area contributed by atoms with Crippen molar-refractivity contribution >= 4 is 26.8 Å². The largest absolute Gasteiger partial charge is 0.304 e. The van der Waals surface area contributed by atoms with Crippen molar-refractivity contribution < 1.29 is 8.78 Å². The zero-order valence-electron chi connectivity index (χ0n) is 10.8. The lowest BCUT2D eigenvalue weighted by Crippen LogP contribution is -2.21. The minimum Gasteiger partial charge on any atom is -0.304 e. The van der Waals surface area contributed by atoms with Crippen LogP contribution in [0.1, 0.15) is 5.56 Å². The van der Waals surface area contributed by atoms with Gasteiger partial charge in [-0.25, -0.2) is 8.78 Å². The second-order valence-electron chi connectivity index (χ2n) is 4.66. The van der Waals surface area contributed by atoms with Gasteiger partial charge in [0.1, 0.15) is 11.6 Å². The van der Waals surface area contributed by atoms with Crippen molar-refractivity contribution in [3.63, 3.8) is 0 Å². The second kappa shape index (κ2) is 5.41. The smallest absolute Gasteiger partial charge is 0.251 e. The predicted molar refractivity (Wildman–Crippen MR) is 81.4 cm³/mol. The van der Waals surface area contributed by atoms with Crippen molar-refractivity contribution in [3.05, 3.63) is 80.6 Å². The first-order valence-electron chi connectivity index (χ1n) is 6.28. The van der Waals surface area contributed by atoms with Crippen LogP contribution in [0.2, 0.25) is 0 Å². The van der Waals surface area contributed by atoms with Gasteiger partial charge in [0.2, 0.25) is 0 Å². The maximum atomic E-state index is 13.9. The van der Waals surface area contributed by atoms with E-state index in [2.05, 4.69) is 15.9 Å². The van der Waals surface area contributed by atoms with Gasteiger partial charge < -0.3 is 4.57 Å². The summed E-state index contributed by atoms with van der Waals surface area (Å²) >= 11 is 3.04. The van der Waals surface area contributed by atoms with Crippen molar-refractivity contribution in [2.45, 2.75) is 6.54 Å². The summed E-state index contributed by atoms with van der Waals surface area (Å²) in [4.78, 5) is 12.0. The molecule has 0 aliphatic rings. The normalized spacial score (nSPS) is 11.0. The molecule has 0 aliphatic heterocycles. The molecule has 0 saturated heterocycles. The molecule has 1 heterocycles. The molecular weight excluding hydrogens is 340 g/mol. The number of rotatable bonds is 2. The first-order valence-corrected chi connectivity index (χ1v) is 7.07. The Morgan fingerprint density at radius 3 is 2.38 bits per heavy atom. The van der Waals surface area contributed by atoms with Crippen molar-refractivity contribution in [2.75, 3.05) is 0 Å². The van der Waals surface area contributed by atoms with Crippen LogP contribution in [-0.4, -0.2) is 4.57 Å². The standard InChI is InChI=1S/C16H10BrF2NO/c17-11-7-13(18)12(14(19)8-11)9-20-15-4-2-1-3-10(15)5-6-16(20)21/h1-8H,9H2. The van der Waals surface area contributed by atoms with Crippen LogP contribution in [0.25, 0.3) is 10.9 Å². The highest BCUT2D eigenvalue weighted by Crippen LogP contribution is 2.21. The Kier molecular flexibility index (Phi) is 3.59. The molecule has 0 unspecified atom stereocenters. The molecule has 1 aromatic heterocycles. The molecule has 106 valence electrons. The summed E-state index contributed by atoms with van der Waals surface area (Å²) in [6, 6.07) is 12.7. The Bertz CT molecular complexity index is 866. The zero-order valence-corrected chi connectivity index (χ0v) is 12.4. The molecule has 0 atom stereocenters. The number of hydrogen-bond acceptors (Lipinski definition) is 1. The lowest BCUT2D eigenvalue weighted by atomic mass is 10.1. The van der Waals surface area contributed by atoms with Crippen LogP contribution in [-0.2, 0) is 6.54 Å². The minimum absolute atomic E-state index is 0.128. The molecular formula is C16H10BrF2NO. The van der Waals surface area contributed by atoms with Crippen LogP contribution in [0.3, 0.4) is 0 Å². The van der Waals surface area contributed by atoms with Crippen LogP contribution >= 0.6 is 15.9 Å². The molecule has 0 amide bonds. The lowest BCUT2D eigenvalue weighted by molar-refractivity contribution is 0.543. The van der Waals surface area contributed by atoms with Gasteiger partial charge in [-0.05, 0) is 29.7 Å². The summed E-state index contributed by atoms with van der Waals surface area (Å²) in [6.07, 6.45) is 0. The fraction of sp³-hybridized carbons (Fsp3) is 0.0625. The van der Waals surface area contributed by atoms with Crippen LogP contribution in [0.15, 0.2) is 57.8 Å². The molecule has 5 heteroatoms. The van der Waals surface area contributed by atoms with E-state index in [0.717, 1.165) is 5.39 Å². The molecule has 0 radical (unpaired) electrons. The van der Waals surface area contributed by atoms with Gasteiger partial charge in [-0.15, -0.1) is 0 Å². The number of pyridine rings is 1. The molecule has 0 fully saturated rings. The van der Waals surface area contributed by atoms with E-state index in [0.29, 0.717) is 9.99 Å². The fourth-order valence-corrected chi connectivity index (χ4v) is 2.69.